The van der Waals surface area contributed by atoms with Crippen LogP contribution >= 0.6 is 0 Å². The van der Waals surface area contributed by atoms with Gasteiger partial charge in [-0.2, -0.15) is 0 Å². The standard InChI is InChI=1S/C38H65N11O18/c1-4-5-6-7-8-9-10-13-23(51)18-27(52)39-19-28(53)44-30(31(54)37(60)61)36(59)43-26-20-67-38(62)25(15-12-17-49(66)47-64)42-32(55)21(2)40-33(56)24(14-11-16-48(65)46-63)41-35(58)29(22(3)50)45-34(26)57/h21-26,29-31,50-51,54,63-64H,4-20H2,1-3H3,(H,39,52)(H,40,56)(H,41,58)(H,42,55)(H,43,59)(H,44,53)(H,45,57)(H,60,61)/b48-46-,49-47-/t21-,22+,23+,24+,25+,26-,29+,30+,31+/m0/s1. The zero-order chi connectivity index (χ0) is 50.6. The number of unbranched alkanes of at least 4 members (excludes halogenated alkanes) is 6. The summed E-state index contributed by atoms with van der Waals surface area (Å²) >= 11 is 0. The molecule has 0 aromatic carbocycles. The van der Waals surface area contributed by atoms with Crippen LogP contribution in [0.5, 0.6) is 0 Å². The summed E-state index contributed by atoms with van der Waals surface area (Å²) in [6, 6.07) is -11.3. The maximum absolute atomic E-state index is 13.8. The molecule has 1 heterocycles. The molecule has 1 rings (SSSR count). The van der Waals surface area contributed by atoms with Crippen molar-refractivity contribution < 1.29 is 88.4 Å². The number of rotatable bonds is 26. The first kappa shape index (κ1) is 58.5. The molecule has 9 atom stereocenters. The highest BCUT2D eigenvalue weighted by atomic mass is 16.6. The second-order valence-electron chi connectivity index (χ2n) is 15.8. The van der Waals surface area contributed by atoms with Crippen molar-refractivity contribution in [3.8, 4) is 0 Å². The third-order valence-corrected chi connectivity index (χ3v) is 10.1. The Bertz CT molecular complexity index is 1730. The van der Waals surface area contributed by atoms with Crippen molar-refractivity contribution >= 4 is 53.3 Å². The number of nitrogens with zero attached hydrogens (tertiary/aromatic N) is 4. The van der Waals surface area contributed by atoms with Crippen molar-refractivity contribution in [2.24, 2.45) is 10.6 Å². The van der Waals surface area contributed by atoms with E-state index in [1.165, 1.54) is 6.92 Å². The van der Waals surface area contributed by atoms with E-state index < -0.39 is 141 Å². The van der Waals surface area contributed by atoms with Crippen LogP contribution in [0.2, 0.25) is 0 Å². The van der Waals surface area contributed by atoms with Gasteiger partial charge in [0.2, 0.25) is 41.4 Å². The number of aliphatic hydroxyl groups is 3. The largest absolute Gasteiger partial charge is 0.597 e. The molecule has 0 aliphatic carbocycles. The lowest BCUT2D eigenvalue weighted by molar-refractivity contribution is -0.556. The predicted octanol–water partition coefficient (Wildman–Crippen LogP) is -3.43. The fourth-order valence-corrected chi connectivity index (χ4v) is 6.33. The van der Waals surface area contributed by atoms with Gasteiger partial charge >= 0.3 is 11.9 Å². The summed E-state index contributed by atoms with van der Waals surface area (Å²) in [6.45, 7) is 1.23. The van der Waals surface area contributed by atoms with E-state index in [2.05, 4.69) is 44.1 Å². The smallest absolute Gasteiger partial charge is 0.335 e. The van der Waals surface area contributed by atoms with Gasteiger partial charge in [0.15, 0.2) is 29.7 Å². The maximum atomic E-state index is 13.8. The number of hydrogen-bond acceptors (Lipinski definition) is 17. The van der Waals surface area contributed by atoms with E-state index in [4.69, 9.17) is 15.2 Å². The molecule has 0 unspecified atom stereocenters. The molecule has 29 nitrogen and oxygen atoms in total. The van der Waals surface area contributed by atoms with Crippen LogP contribution < -0.4 is 37.2 Å². The number of ether oxygens (including phenoxy) is 1. The highest BCUT2D eigenvalue weighted by Gasteiger charge is 2.39. The number of carbonyl (C=O) groups is 9. The van der Waals surface area contributed by atoms with Gasteiger partial charge in [0.25, 0.3) is 0 Å². The molecular formula is C38H65N11O18. The van der Waals surface area contributed by atoms with Crippen molar-refractivity contribution in [1.29, 1.82) is 0 Å². The van der Waals surface area contributed by atoms with Crippen molar-refractivity contribution in [2.75, 3.05) is 26.2 Å². The minimum Gasteiger partial charge on any atom is -0.597 e. The molecule has 13 N–H and O–H groups in total. The van der Waals surface area contributed by atoms with Crippen LogP contribution in [0.15, 0.2) is 10.6 Å². The Kier molecular flexibility index (Phi) is 27.5. The number of carboxylic acid groups (broad SMARTS) is 1. The molecule has 1 fully saturated rings. The lowest BCUT2D eigenvalue weighted by Crippen LogP contribution is -2.64. The number of hydrogen-bond donors (Lipinski definition) is 13. The molecule has 1 saturated heterocycles. The van der Waals surface area contributed by atoms with Crippen LogP contribution in [-0.2, 0) is 47.9 Å². The van der Waals surface area contributed by atoms with Gasteiger partial charge in [-0.3, -0.25) is 33.6 Å². The van der Waals surface area contributed by atoms with E-state index >= 15 is 0 Å². The number of carboxylic acids is 1. The number of cyclic esters (lactones) is 1. The molecule has 0 bridgehead atoms. The zero-order valence-electron chi connectivity index (χ0n) is 37.6. The number of nitrogens with one attached hydrogen (secondary N) is 7. The van der Waals surface area contributed by atoms with Gasteiger partial charge in [-0.05, 0) is 33.1 Å². The number of aliphatic carboxylic acids is 1. The summed E-state index contributed by atoms with van der Waals surface area (Å²) in [5.74, 6) is -11.8. The molecule has 1 aliphatic rings. The average Bonchev–Trinajstić information content (AvgIpc) is 3.28. The summed E-state index contributed by atoms with van der Waals surface area (Å²) in [7, 11) is 0. The topological polar surface area (TPSA) is 445 Å². The van der Waals surface area contributed by atoms with Crippen molar-refractivity contribution in [3.63, 3.8) is 0 Å². The fourth-order valence-electron chi connectivity index (χ4n) is 6.33. The third-order valence-electron chi connectivity index (χ3n) is 10.1. The maximum Gasteiger partial charge on any atom is 0.335 e. The third kappa shape index (κ3) is 23.0. The second-order valence-corrected chi connectivity index (χ2v) is 15.8. The number of hydroxylamine groups is 2. The minimum absolute atomic E-state index is 0.145. The molecule has 0 spiro atoms. The van der Waals surface area contributed by atoms with E-state index in [0.717, 1.165) is 45.4 Å². The molecule has 380 valence electrons. The van der Waals surface area contributed by atoms with Gasteiger partial charge in [0.1, 0.15) is 42.9 Å². The van der Waals surface area contributed by atoms with Gasteiger partial charge in [-0.1, -0.05) is 61.6 Å². The zero-order valence-corrected chi connectivity index (χ0v) is 37.6. The Morgan fingerprint density at radius 1 is 0.776 bits per heavy atom. The Balaban J connectivity index is 3.45. The van der Waals surface area contributed by atoms with E-state index in [1.807, 2.05) is 10.6 Å². The van der Waals surface area contributed by atoms with Crippen LogP contribution in [0, 0.1) is 10.4 Å². The Hall–Kier alpha value is -6.49. The minimum atomic E-state index is -2.72. The summed E-state index contributed by atoms with van der Waals surface area (Å²) in [5, 5.41) is 101. The molecule has 0 aromatic heterocycles. The molecule has 29 heteroatoms. The van der Waals surface area contributed by atoms with Crippen molar-refractivity contribution in [1.82, 2.24) is 37.2 Å². The predicted molar refractivity (Wildman–Crippen MR) is 224 cm³/mol. The van der Waals surface area contributed by atoms with Crippen LogP contribution in [0.4, 0.5) is 0 Å². The number of amides is 7. The second kappa shape index (κ2) is 31.4. The van der Waals surface area contributed by atoms with Crippen molar-refractivity contribution in [2.45, 2.75) is 159 Å². The highest BCUT2D eigenvalue weighted by Crippen LogP contribution is 2.12. The highest BCUT2D eigenvalue weighted by molar-refractivity contribution is 5.98. The molecular weight excluding hydrogens is 898 g/mol. The molecule has 0 saturated carbocycles. The van der Waals surface area contributed by atoms with Gasteiger partial charge in [0, 0.05) is 12.8 Å². The number of carbonyl (C=O) groups excluding carboxylic acids is 8. The number of esters is 1. The quantitative estimate of drug-likeness (QED) is 0.0132. The van der Waals surface area contributed by atoms with E-state index in [9.17, 15) is 74.0 Å². The SMILES string of the molecule is CCCCCCCCC[C@@H](O)CC(=O)NCC(=O)N[C@@H](C(=O)N[C@H]1COC(=O)[C@@H](CCC/[N+]([O-])=N/O)NC(=O)[C@H](C)NC(=O)[C@@H](CCC/[N+]([O-])=N/O)NC(=O)[C@@H]([C@@H](C)O)NC1=O)[C@@H](O)C(=O)O. The van der Waals surface area contributed by atoms with Gasteiger partial charge < -0.3 is 83.2 Å². The van der Waals surface area contributed by atoms with Crippen LogP contribution in [-0.4, -0.2) is 175 Å². The van der Waals surface area contributed by atoms with Crippen LogP contribution in [0.1, 0.15) is 104 Å². The van der Waals surface area contributed by atoms with E-state index in [1.54, 1.807) is 0 Å². The van der Waals surface area contributed by atoms with Crippen LogP contribution in [0.3, 0.4) is 0 Å². The summed E-state index contributed by atoms with van der Waals surface area (Å²) in [5.41, 5.74) is 0. The summed E-state index contributed by atoms with van der Waals surface area (Å²) < 4.78 is 5.22. The first-order valence-corrected chi connectivity index (χ1v) is 21.8. The van der Waals surface area contributed by atoms with Gasteiger partial charge in [-0.15, -0.1) is 0 Å². The Morgan fingerprint density at radius 2 is 1.34 bits per heavy atom. The van der Waals surface area contributed by atoms with E-state index in [-0.39, 0.29) is 35.4 Å². The van der Waals surface area contributed by atoms with Crippen LogP contribution in [0.25, 0.3) is 0 Å². The summed E-state index contributed by atoms with van der Waals surface area (Å²) in [4.78, 5) is 118. The normalized spacial score (nSPS) is 22.1. The Labute approximate surface area is 384 Å². The van der Waals surface area contributed by atoms with E-state index in [0.29, 0.717) is 12.8 Å². The first-order chi connectivity index (χ1) is 31.6. The van der Waals surface area contributed by atoms with Crippen molar-refractivity contribution in [3.05, 3.63) is 10.4 Å². The molecule has 1 aliphatic heterocycles. The summed E-state index contributed by atoms with van der Waals surface area (Å²) in [6.07, 6.45) is 0.0156. The molecule has 0 aromatic rings. The Morgan fingerprint density at radius 3 is 1.91 bits per heavy atom. The molecule has 0 radical (unpaired) electrons. The lowest BCUT2D eigenvalue weighted by atomic mass is 10.0. The molecule has 7 amide bonds. The fraction of sp³-hybridized carbons (Fsp3) is 0.763. The first-order valence-electron chi connectivity index (χ1n) is 21.8. The monoisotopic (exact) mass is 963 g/mol. The van der Waals surface area contributed by atoms with Gasteiger partial charge in [-0.25, -0.2) is 9.59 Å². The molecule has 67 heavy (non-hydrogen) atoms. The lowest BCUT2D eigenvalue weighted by Gasteiger charge is -2.29. The average molecular weight is 964 g/mol. The van der Waals surface area contributed by atoms with Gasteiger partial charge in [0.05, 0.1) is 25.2 Å². The number of aliphatic hydroxyl groups excluding tert-OH is 3.